The van der Waals surface area contributed by atoms with Crippen LogP contribution in [0.15, 0.2) is 42.7 Å². The van der Waals surface area contributed by atoms with Gasteiger partial charge in [0.1, 0.15) is 12.1 Å². The molecule has 0 aliphatic heterocycles. The van der Waals surface area contributed by atoms with Crippen LogP contribution in [0, 0.1) is 0 Å². The Bertz CT molecular complexity index is 932. The Labute approximate surface area is 163 Å². The highest BCUT2D eigenvalue weighted by atomic mass is 35.5. The number of carbonyl (C=O) groups excluding carboxylic acids is 1. The Morgan fingerprint density at radius 1 is 1.00 bits per heavy atom. The maximum Gasteiger partial charge on any atom is 0.224 e. The Balaban J connectivity index is 0.00000261. The van der Waals surface area contributed by atoms with Crippen LogP contribution in [0.5, 0.6) is 11.5 Å². The topological polar surface area (TPSA) is 85.4 Å². The van der Waals surface area contributed by atoms with Crippen LogP contribution in [-0.4, -0.2) is 30.1 Å². The Kier molecular flexibility index (Phi) is 6.79. The summed E-state index contributed by atoms with van der Waals surface area (Å²) in [5.41, 5.74) is 2.34. The van der Waals surface area contributed by atoms with Gasteiger partial charge >= 0.3 is 0 Å². The molecule has 2 N–H and O–H groups in total. The fourth-order valence-corrected chi connectivity index (χ4v) is 2.51. The number of halogens is 1. The summed E-state index contributed by atoms with van der Waals surface area (Å²) in [7, 11) is 3.17. The lowest BCUT2D eigenvalue weighted by Crippen LogP contribution is -2.09. The number of hydrogen-bond donors (Lipinski definition) is 2. The van der Waals surface area contributed by atoms with Crippen molar-refractivity contribution in [1.29, 1.82) is 0 Å². The molecule has 0 atom stereocenters. The van der Waals surface area contributed by atoms with Gasteiger partial charge in [-0.2, -0.15) is 0 Å². The maximum atomic E-state index is 11.5. The second-order valence-corrected chi connectivity index (χ2v) is 5.55. The third-order valence-electron chi connectivity index (χ3n) is 3.89. The van der Waals surface area contributed by atoms with E-state index in [9.17, 15) is 4.79 Å². The van der Waals surface area contributed by atoms with Crippen LogP contribution in [0.25, 0.3) is 10.9 Å². The Morgan fingerprint density at radius 2 is 1.63 bits per heavy atom. The van der Waals surface area contributed by atoms with Crippen LogP contribution in [0.2, 0.25) is 0 Å². The molecule has 27 heavy (non-hydrogen) atoms. The molecule has 8 heteroatoms. The summed E-state index contributed by atoms with van der Waals surface area (Å²) < 4.78 is 10.7. The van der Waals surface area contributed by atoms with E-state index in [1.807, 2.05) is 43.3 Å². The Hall–Kier alpha value is -3.06. The van der Waals surface area contributed by atoms with Gasteiger partial charge in [0.15, 0.2) is 11.5 Å². The van der Waals surface area contributed by atoms with E-state index in [1.54, 1.807) is 14.2 Å². The zero-order chi connectivity index (χ0) is 18.5. The van der Waals surface area contributed by atoms with Crippen LogP contribution in [0.1, 0.15) is 13.3 Å². The number of rotatable bonds is 6. The highest BCUT2D eigenvalue weighted by molar-refractivity contribution is 5.93. The average molecular weight is 389 g/mol. The number of nitrogens with zero attached hydrogens (tertiary/aromatic N) is 2. The first-order valence-electron chi connectivity index (χ1n) is 8.18. The van der Waals surface area contributed by atoms with Gasteiger partial charge in [-0.15, -0.1) is 12.4 Å². The Morgan fingerprint density at radius 3 is 2.26 bits per heavy atom. The number of hydrogen-bond acceptors (Lipinski definition) is 6. The number of nitrogens with one attached hydrogen (secondary N) is 2. The summed E-state index contributed by atoms with van der Waals surface area (Å²) in [4.78, 5) is 20.1. The number of aromatic nitrogens is 2. The van der Waals surface area contributed by atoms with Gasteiger partial charge in [0.2, 0.25) is 5.91 Å². The molecule has 0 spiro atoms. The van der Waals surface area contributed by atoms with Crippen LogP contribution >= 0.6 is 12.4 Å². The zero-order valence-electron chi connectivity index (χ0n) is 15.3. The number of fused-ring (bicyclic) bond motifs is 1. The van der Waals surface area contributed by atoms with E-state index in [4.69, 9.17) is 9.47 Å². The molecule has 3 rings (SSSR count). The van der Waals surface area contributed by atoms with E-state index < -0.39 is 0 Å². The van der Waals surface area contributed by atoms with Crippen molar-refractivity contribution in [3.8, 4) is 11.5 Å². The highest BCUT2D eigenvalue weighted by Gasteiger charge is 2.11. The van der Waals surface area contributed by atoms with Gasteiger partial charge in [-0.1, -0.05) is 6.92 Å². The smallest absolute Gasteiger partial charge is 0.224 e. The molecule has 0 aliphatic carbocycles. The number of carbonyl (C=O) groups is 1. The molecule has 0 bridgehead atoms. The molecule has 0 aliphatic rings. The maximum absolute atomic E-state index is 11.5. The molecular formula is C19H21ClN4O3. The second-order valence-electron chi connectivity index (χ2n) is 5.55. The lowest BCUT2D eigenvalue weighted by atomic mass is 10.2. The largest absolute Gasteiger partial charge is 0.493 e. The van der Waals surface area contributed by atoms with Gasteiger partial charge in [0, 0.05) is 29.2 Å². The number of amides is 1. The normalized spacial score (nSPS) is 10.0. The van der Waals surface area contributed by atoms with Gasteiger partial charge in [-0.05, 0) is 30.3 Å². The van der Waals surface area contributed by atoms with Gasteiger partial charge in [-0.25, -0.2) is 9.97 Å². The zero-order valence-corrected chi connectivity index (χ0v) is 16.1. The predicted molar refractivity (Wildman–Crippen MR) is 109 cm³/mol. The average Bonchev–Trinajstić information content (AvgIpc) is 2.68. The van der Waals surface area contributed by atoms with E-state index in [0.29, 0.717) is 23.7 Å². The van der Waals surface area contributed by atoms with Gasteiger partial charge in [-0.3, -0.25) is 4.79 Å². The summed E-state index contributed by atoms with van der Waals surface area (Å²) in [6, 6.07) is 11.1. The van der Waals surface area contributed by atoms with Crippen molar-refractivity contribution >= 4 is 46.4 Å². The quantitative estimate of drug-likeness (QED) is 0.659. The van der Waals surface area contributed by atoms with E-state index >= 15 is 0 Å². The first kappa shape index (κ1) is 20.3. The minimum Gasteiger partial charge on any atom is -0.493 e. The number of methoxy groups -OCH3 is 2. The van der Waals surface area contributed by atoms with Crippen molar-refractivity contribution in [1.82, 2.24) is 9.97 Å². The van der Waals surface area contributed by atoms with Crippen molar-refractivity contribution in [2.75, 3.05) is 24.9 Å². The van der Waals surface area contributed by atoms with Crippen LogP contribution < -0.4 is 20.1 Å². The summed E-state index contributed by atoms with van der Waals surface area (Å²) in [6.07, 6.45) is 1.94. The summed E-state index contributed by atoms with van der Waals surface area (Å²) in [5, 5.41) is 6.90. The predicted octanol–water partition coefficient (Wildman–Crippen LogP) is 4.16. The second kappa shape index (κ2) is 9.05. The molecule has 0 saturated carbocycles. The van der Waals surface area contributed by atoms with E-state index in [1.165, 1.54) is 6.33 Å². The van der Waals surface area contributed by atoms with Gasteiger partial charge in [0.05, 0.1) is 19.7 Å². The lowest BCUT2D eigenvalue weighted by Gasteiger charge is -2.12. The first-order chi connectivity index (χ1) is 12.6. The molecule has 0 fully saturated rings. The molecule has 0 saturated heterocycles. The van der Waals surface area contributed by atoms with Crippen molar-refractivity contribution in [3.05, 3.63) is 42.7 Å². The number of anilines is 3. The standard InChI is InChI=1S/C19H20N4O3.ClH/c1-4-18(24)22-12-5-7-13(8-6-12)23-19-14-9-16(25-2)17(26-3)10-15(14)20-11-21-19;/h5-11H,4H2,1-3H3,(H,22,24)(H,20,21,23);1H. The third kappa shape index (κ3) is 4.57. The molecule has 0 radical (unpaired) electrons. The molecular weight excluding hydrogens is 368 g/mol. The van der Waals surface area contributed by atoms with Gasteiger partial charge in [0.25, 0.3) is 0 Å². The molecule has 1 aromatic heterocycles. The SMILES string of the molecule is CCC(=O)Nc1ccc(Nc2ncnc3cc(OC)c(OC)cc23)cc1.Cl. The van der Waals surface area contributed by atoms with E-state index in [0.717, 1.165) is 22.3 Å². The minimum absolute atomic E-state index is 0. The fourth-order valence-electron chi connectivity index (χ4n) is 2.51. The third-order valence-corrected chi connectivity index (χ3v) is 3.89. The first-order valence-corrected chi connectivity index (χ1v) is 8.18. The molecule has 1 heterocycles. The molecule has 3 aromatic rings. The molecule has 0 unspecified atom stereocenters. The molecule has 142 valence electrons. The van der Waals surface area contributed by atoms with Crippen LogP contribution in [0.3, 0.4) is 0 Å². The van der Waals surface area contributed by atoms with Crippen molar-refractivity contribution < 1.29 is 14.3 Å². The van der Waals surface area contributed by atoms with Crippen LogP contribution in [0.4, 0.5) is 17.2 Å². The molecule has 7 nitrogen and oxygen atoms in total. The summed E-state index contributed by atoms with van der Waals surface area (Å²) in [6.45, 7) is 1.81. The van der Waals surface area contributed by atoms with Crippen LogP contribution in [-0.2, 0) is 4.79 Å². The summed E-state index contributed by atoms with van der Waals surface area (Å²) >= 11 is 0. The summed E-state index contributed by atoms with van der Waals surface area (Å²) in [5.74, 6) is 1.85. The van der Waals surface area contributed by atoms with Crippen molar-refractivity contribution in [3.63, 3.8) is 0 Å². The van der Waals surface area contributed by atoms with E-state index in [-0.39, 0.29) is 18.3 Å². The monoisotopic (exact) mass is 388 g/mol. The fraction of sp³-hybridized carbons (Fsp3) is 0.211. The molecule has 2 aromatic carbocycles. The van der Waals surface area contributed by atoms with Crippen molar-refractivity contribution in [2.24, 2.45) is 0 Å². The number of benzene rings is 2. The number of ether oxygens (including phenoxy) is 2. The highest BCUT2D eigenvalue weighted by Crippen LogP contribution is 2.34. The molecule has 1 amide bonds. The minimum atomic E-state index is -0.0199. The van der Waals surface area contributed by atoms with E-state index in [2.05, 4.69) is 20.6 Å². The lowest BCUT2D eigenvalue weighted by molar-refractivity contribution is -0.115. The van der Waals surface area contributed by atoms with Crippen molar-refractivity contribution in [2.45, 2.75) is 13.3 Å². The van der Waals surface area contributed by atoms with Gasteiger partial charge < -0.3 is 20.1 Å².